The first-order valence-electron chi connectivity index (χ1n) is 26.3. The first kappa shape index (κ1) is 62.6. The molecule has 0 amide bonds. The van der Waals surface area contributed by atoms with E-state index in [1.165, 1.54) is 7.11 Å². The minimum absolute atomic E-state index is 0.0696. The van der Waals surface area contributed by atoms with Gasteiger partial charge in [-0.15, -0.1) is 9.81 Å². The van der Waals surface area contributed by atoms with Crippen LogP contribution in [0.2, 0.25) is 0 Å². The van der Waals surface area contributed by atoms with E-state index in [0.29, 0.717) is 76.9 Å². The Labute approximate surface area is 492 Å². The Morgan fingerprint density at radius 2 is 1.06 bits per heavy atom. The van der Waals surface area contributed by atoms with Gasteiger partial charge in [-0.3, -0.25) is 15.0 Å². The molecule has 0 spiro atoms. The Balaban J connectivity index is 0.000000148. The average molecular weight is 1180 g/mol. The van der Waals surface area contributed by atoms with Crippen molar-refractivity contribution in [2.24, 2.45) is 46.0 Å². The first-order chi connectivity index (χ1) is 42.2. The van der Waals surface area contributed by atoms with Gasteiger partial charge in [0.25, 0.3) is 29.5 Å². The topological polar surface area (TPSA) is 330 Å². The highest BCUT2D eigenvalue weighted by atomic mass is 16.7. The fourth-order valence-electron chi connectivity index (χ4n) is 8.19. The molecular formula is C60H61N11O15. The molecule has 0 unspecified atom stereocenters. The number of hydrogen-bond donors (Lipinski definition) is 5. The average Bonchev–Trinajstić information content (AvgIpc) is 3.31. The molecule has 2 aromatic heterocycles. The van der Waals surface area contributed by atoms with Crippen molar-refractivity contribution in [3.63, 3.8) is 0 Å². The molecule has 0 atom stereocenters. The molecule has 4 aliphatic rings. The van der Waals surface area contributed by atoms with Crippen molar-refractivity contribution in [1.29, 1.82) is 0 Å². The van der Waals surface area contributed by atoms with Crippen molar-refractivity contribution in [2.75, 3.05) is 99.2 Å². The minimum Gasteiger partial charge on any atom is -0.507 e. The van der Waals surface area contributed by atoms with Crippen molar-refractivity contribution < 1.29 is 62.5 Å². The Morgan fingerprint density at radius 1 is 0.581 bits per heavy atom. The van der Waals surface area contributed by atoms with Crippen LogP contribution in [0.1, 0.15) is 22.3 Å². The molecule has 26 heteroatoms. The maximum absolute atomic E-state index is 10.4. The van der Waals surface area contributed by atoms with E-state index in [9.17, 15) is 14.9 Å². The largest absolute Gasteiger partial charge is 0.507 e. The molecule has 0 fully saturated rings. The highest BCUT2D eigenvalue weighted by Gasteiger charge is 2.28. The van der Waals surface area contributed by atoms with Crippen LogP contribution in [0.4, 0.5) is 23.1 Å². The SMILES string of the molecule is CN=C1/C(=N/OCCO)Oc2ccccc21.CN=C1/C(=N/OCCO)Oc2ccccc21.CN=C1COc2ccccc21.CNc1c(N=O)oc2ccccc12.CNc1c(N=O)oc2ccccc12.CO/N=C(/C1=NOCCO1)c1ccccc1O. The predicted octanol–water partition coefficient (Wildman–Crippen LogP) is 9.99. The number of nitrogens with one attached hydrogen (secondary N) is 2. The number of rotatable bonds is 13. The summed E-state index contributed by atoms with van der Waals surface area (Å²) in [5.41, 5.74) is 8.69. The summed E-state index contributed by atoms with van der Waals surface area (Å²) >= 11 is 0. The number of aliphatic hydroxyl groups excluding tert-OH is 2. The number of nitrogens with zero attached hydrogens (tertiary/aromatic N) is 9. The summed E-state index contributed by atoms with van der Waals surface area (Å²) in [6.45, 7) is 1.51. The standard InChI is InChI=1S/C11H12N2O4.2C11H12N2O3.2C9H8N2O2.C9H9NO/c1-15-12-10(11-13-17-7-6-16-11)8-4-2-3-5-9(8)14;2*1-12-10-8-4-2-3-5-9(8)16-11(10)13-15-7-6-14;2*1-10-8-6-4-2-3-5-7(6)13-9(8)11-12;1-10-8-6-11-9-5-3-2-4-7(8)9/h2-5,14H,6-7H2,1H3;2*2-5,14H,6-7H2,1H3;2*2-5,10H,1H3;2-5H,6H2,1H3/b12-10+;2*12-10?,13-11-;;;. The van der Waals surface area contributed by atoms with Gasteiger partial charge >= 0.3 is 0 Å². The van der Waals surface area contributed by atoms with Crippen LogP contribution in [-0.4, -0.2) is 144 Å². The lowest BCUT2D eigenvalue weighted by Crippen LogP contribution is -2.25. The number of oxime groups is 4. The minimum atomic E-state index is -0.0810. The van der Waals surface area contributed by atoms with Crippen LogP contribution >= 0.6 is 0 Å². The van der Waals surface area contributed by atoms with Gasteiger partial charge in [0.2, 0.25) is 0 Å². The highest BCUT2D eigenvalue weighted by Crippen LogP contribution is 2.37. The van der Waals surface area contributed by atoms with Crippen LogP contribution in [0, 0.1) is 9.81 Å². The summed E-state index contributed by atoms with van der Waals surface area (Å²) < 4.78 is 32.0. The number of hydrogen-bond acceptors (Lipinski definition) is 26. The number of furan rings is 2. The van der Waals surface area contributed by atoms with E-state index in [1.54, 1.807) is 71.6 Å². The van der Waals surface area contributed by atoms with Crippen LogP contribution in [0.25, 0.3) is 21.9 Å². The molecule has 6 aromatic carbocycles. The molecule has 0 aliphatic carbocycles. The monoisotopic (exact) mass is 1180 g/mol. The first-order valence-corrected chi connectivity index (χ1v) is 26.3. The number of aliphatic imine (C=N–C) groups is 3. The number of fused-ring (bicyclic) bond motifs is 5. The number of aromatic hydroxyl groups is 1. The maximum atomic E-state index is 10.4. The molecule has 446 valence electrons. The number of benzene rings is 6. The Kier molecular flexibility index (Phi) is 23.7. The van der Waals surface area contributed by atoms with Crippen molar-refractivity contribution in [2.45, 2.75) is 0 Å². The molecular weight excluding hydrogens is 1110 g/mol. The number of aliphatic hydroxyl groups is 2. The Morgan fingerprint density at radius 3 is 1.51 bits per heavy atom. The summed E-state index contributed by atoms with van der Waals surface area (Å²) in [5, 5.41) is 55.1. The van der Waals surface area contributed by atoms with E-state index >= 15 is 0 Å². The molecule has 12 rings (SSSR count). The number of ether oxygens (including phenoxy) is 4. The van der Waals surface area contributed by atoms with Gasteiger partial charge in [-0.05, 0) is 88.3 Å². The number of nitroso groups, excluding NO2 is 2. The van der Waals surface area contributed by atoms with E-state index in [1.807, 2.05) is 109 Å². The summed E-state index contributed by atoms with van der Waals surface area (Å²) in [7, 11) is 9.99. The molecule has 6 heterocycles. The van der Waals surface area contributed by atoms with Gasteiger partial charge in [0.15, 0.2) is 12.3 Å². The molecule has 5 N–H and O–H groups in total. The van der Waals surface area contributed by atoms with Gasteiger partial charge in [0, 0.05) is 73.1 Å². The fourth-order valence-corrected chi connectivity index (χ4v) is 8.19. The molecule has 8 aromatic rings. The number of phenols is 1. The maximum Gasteiger partial charge on any atom is 0.285 e. The number of anilines is 2. The molecule has 0 saturated heterocycles. The van der Waals surface area contributed by atoms with Gasteiger partial charge in [0.05, 0.1) is 24.5 Å². The molecule has 0 bridgehead atoms. The third-order valence-corrected chi connectivity index (χ3v) is 12.0. The summed E-state index contributed by atoms with van der Waals surface area (Å²) in [6, 6.07) is 44.6. The summed E-state index contributed by atoms with van der Waals surface area (Å²) in [6.07, 6.45) is 0. The van der Waals surface area contributed by atoms with E-state index < -0.39 is 0 Å². The van der Waals surface area contributed by atoms with E-state index in [0.717, 1.165) is 50.4 Å². The highest BCUT2D eigenvalue weighted by molar-refractivity contribution is 6.49. The second-order valence-electron chi connectivity index (χ2n) is 17.2. The summed E-state index contributed by atoms with van der Waals surface area (Å²) in [5.74, 6) is 3.51. The lowest BCUT2D eigenvalue weighted by molar-refractivity contribution is 0.0672. The van der Waals surface area contributed by atoms with Crippen LogP contribution in [0.15, 0.2) is 200 Å². The third kappa shape index (κ3) is 15.8. The normalized spacial score (nSPS) is 15.4. The molecule has 26 nitrogen and oxygen atoms in total. The van der Waals surface area contributed by atoms with Crippen LogP contribution in [0.3, 0.4) is 0 Å². The van der Waals surface area contributed by atoms with Gasteiger partial charge < -0.3 is 73.1 Å². The summed E-state index contributed by atoms with van der Waals surface area (Å²) in [4.78, 5) is 52.4. The quantitative estimate of drug-likeness (QED) is 0.0310. The van der Waals surface area contributed by atoms with Crippen molar-refractivity contribution in [3.05, 3.63) is 178 Å². The lowest BCUT2D eigenvalue weighted by atomic mass is 10.1. The molecule has 0 saturated carbocycles. The van der Waals surface area contributed by atoms with E-state index in [2.05, 4.69) is 56.6 Å². The van der Waals surface area contributed by atoms with Crippen molar-refractivity contribution in [3.8, 4) is 23.0 Å². The zero-order valence-electron chi connectivity index (χ0n) is 47.6. The molecule has 0 radical (unpaired) electrons. The van der Waals surface area contributed by atoms with E-state index in [-0.39, 0.29) is 49.8 Å². The Hall–Kier alpha value is -11.0. The zero-order chi connectivity index (χ0) is 61.0. The third-order valence-electron chi connectivity index (χ3n) is 12.0. The van der Waals surface area contributed by atoms with Crippen molar-refractivity contribution in [1.82, 2.24) is 0 Å². The van der Waals surface area contributed by atoms with Crippen molar-refractivity contribution >= 4 is 85.6 Å². The van der Waals surface area contributed by atoms with Gasteiger partial charge in [-0.25, -0.2) is 0 Å². The second-order valence-corrected chi connectivity index (χ2v) is 17.2. The van der Waals surface area contributed by atoms with Crippen LogP contribution in [-0.2, 0) is 24.1 Å². The zero-order valence-corrected chi connectivity index (χ0v) is 47.6. The molecule has 86 heavy (non-hydrogen) atoms. The smallest absolute Gasteiger partial charge is 0.285 e. The number of phenolic OH excluding ortho intramolecular Hbond substituents is 1. The molecule has 4 aliphatic heterocycles. The van der Waals surface area contributed by atoms with Crippen LogP contribution < -0.4 is 24.8 Å². The predicted molar refractivity (Wildman–Crippen MR) is 328 cm³/mol. The Bertz CT molecular complexity index is 3630. The van der Waals surface area contributed by atoms with E-state index in [4.69, 9.17) is 57.3 Å². The van der Waals surface area contributed by atoms with Gasteiger partial charge in [0.1, 0.15) is 90.5 Å². The number of para-hydroxylation sites is 6. The second kappa shape index (κ2) is 32.6. The van der Waals surface area contributed by atoms with Crippen LogP contribution in [0.5, 0.6) is 23.0 Å². The van der Waals surface area contributed by atoms with Gasteiger partial charge in [-0.2, -0.15) is 0 Å². The lowest BCUT2D eigenvalue weighted by Gasteiger charge is -2.15. The fraction of sp³-hybridized carbons (Fsp3) is 0.217. The van der Waals surface area contributed by atoms with Gasteiger partial charge in [-0.1, -0.05) is 78.0 Å².